The molecule has 3 aromatic heterocycles. The highest BCUT2D eigenvalue weighted by Crippen LogP contribution is 2.59. The third-order valence-electron chi connectivity index (χ3n) is 25.9. The Labute approximate surface area is 732 Å². The summed E-state index contributed by atoms with van der Waals surface area (Å²) in [4.78, 5) is 32.0. The predicted molar refractivity (Wildman–Crippen MR) is 516 cm³/mol. The summed E-state index contributed by atoms with van der Waals surface area (Å²) >= 11 is 0. The molecule has 3 heterocycles. The topological polar surface area (TPSA) is 82.3 Å². The van der Waals surface area contributed by atoms with Crippen molar-refractivity contribution in [1.82, 2.24) is 34.5 Å². The molecule has 0 bridgehead atoms. The quantitative estimate of drug-likeness (QED) is 0.108. The normalized spacial score (nSPS) is 13.4. The fourth-order valence-electron chi connectivity index (χ4n) is 19.9. The second-order valence-corrected chi connectivity index (χ2v) is 33.6. The van der Waals surface area contributed by atoms with Crippen molar-refractivity contribution in [2.45, 2.75) is 30.6 Å². The molecule has 0 amide bonds. The summed E-state index contributed by atoms with van der Waals surface area (Å²) in [6.07, 6.45) is 0. The van der Waals surface area contributed by atoms with E-state index in [2.05, 4.69) is 431 Å². The van der Waals surface area contributed by atoms with Gasteiger partial charge in [-0.15, -0.1) is 0 Å². The molecule has 0 saturated heterocycles. The Hall–Kier alpha value is -16.2. The first kappa shape index (κ1) is 74.8. The van der Waals surface area contributed by atoms with Crippen molar-refractivity contribution in [3.8, 4) is 152 Å². The summed E-state index contributed by atoms with van der Waals surface area (Å²) < 4.78 is 2.23. The van der Waals surface area contributed by atoms with Gasteiger partial charge in [0.15, 0.2) is 23.3 Å². The zero-order valence-corrected chi connectivity index (χ0v) is 69.4. The van der Waals surface area contributed by atoms with Crippen LogP contribution in [0.2, 0.25) is 0 Å². The number of fused-ring (bicyclic) bond motifs is 12. The third kappa shape index (κ3) is 13.0. The van der Waals surface area contributed by atoms with Gasteiger partial charge in [-0.3, -0.25) is 4.57 Å². The lowest BCUT2D eigenvalue weighted by Gasteiger charge is -2.34. The molecule has 0 saturated carbocycles. The van der Waals surface area contributed by atoms with E-state index in [-0.39, 0.29) is 11.3 Å². The Morgan fingerprint density at radius 3 is 1.05 bits per heavy atom. The second-order valence-electron chi connectivity index (χ2n) is 33.6. The van der Waals surface area contributed by atoms with Crippen LogP contribution >= 0.6 is 0 Å². The van der Waals surface area contributed by atoms with E-state index in [1.54, 1.807) is 0 Å². The van der Waals surface area contributed by atoms with Crippen LogP contribution in [0.4, 0.5) is 0 Å². The number of para-hydroxylation sites is 1. The summed E-state index contributed by atoms with van der Waals surface area (Å²) in [7, 11) is 0. The van der Waals surface area contributed by atoms with Gasteiger partial charge in [0, 0.05) is 38.4 Å². The minimum atomic E-state index is -0.520. The van der Waals surface area contributed by atoms with Crippen molar-refractivity contribution in [3.05, 3.63) is 499 Å². The van der Waals surface area contributed by atoms with E-state index in [4.69, 9.17) is 29.9 Å². The van der Waals surface area contributed by atoms with Gasteiger partial charge in [0.1, 0.15) is 5.82 Å². The Balaban J connectivity index is 0.000000158. The lowest BCUT2D eigenvalue weighted by Crippen LogP contribution is -2.28. The highest BCUT2D eigenvalue weighted by Gasteiger charge is 2.47. The van der Waals surface area contributed by atoms with Crippen LogP contribution in [0.5, 0.6) is 0 Å². The van der Waals surface area contributed by atoms with Crippen molar-refractivity contribution in [2.75, 3.05) is 0 Å². The van der Waals surface area contributed by atoms with E-state index in [0.717, 1.165) is 94.4 Å². The maximum Gasteiger partial charge on any atom is 0.238 e. The van der Waals surface area contributed by atoms with E-state index in [1.165, 1.54) is 100 Å². The molecule has 3 aliphatic rings. The van der Waals surface area contributed by atoms with Crippen molar-refractivity contribution < 1.29 is 0 Å². The molecule has 0 aliphatic heterocycles. The lowest BCUT2D eigenvalue weighted by molar-refractivity contribution is 0.659. The number of aromatic nitrogens is 7. The van der Waals surface area contributed by atoms with Crippen molar-refractivity contribution in [3.63, 3.8) is 0 Å². The van der Waals surface area contributed by atoms with Crippen LogP contribution in [0.3, 0.4) is 0 Å². The number of hydrogen-bond donors (Lipinski definition) is 0. The fraction of sp³-hybridized carbons (Fsp3) is 0.0420. The SMILES string of the molecule is CC1(C)c2ccccc2-c2cc3c(cc21)C(c1nc(-c2cccc(-c4cc(-c5ccccc5)cc(-c5ccccc5)c4)c2)nc(-c2cccc(-c4cc(-c5ccccc5)cc(-c5ccccc5)c4)c2)n1)c1ccccc1-3.c1ccc(-c2nc(-c3ccccc3)nc(-n3c4ccccc4c4cc5c(cc43)C(c3ccccc3)(c3ccccc3)c3ccccc3-5)n2)cc1. The Morgan fingerprint density at radius 2 is 0.563 bits per heavy atom. The summed E-state index contributed by atoms with van der Waals surface area (Å²) in [6.45, 7) is 4.72. The summed E-state index contributed by atoms with van der Waals surface area (Å²) in [5.74, 6) is 3.62. The molecule has 24 rings (SSSR count). The van der Waals surface area contributed by atoms with Gasteiger partial charge in [0.2, 0.25) is 5.95 Å². The van der Waals surface area contributed by atoms with Crippen LogP contribution in [0.25, 0.3) is 173 Å². The molecule has 0 fully saturated rings. The van der Waals surface area contributed by atoms with Crippen molar-refractivity contribution in [2.24, 2.45) is 0 Å². The standard InChI is InChI=1S/C73H51N3.C46H30N4/c1-73(2)67-36-18-17-34-62(67)65-45-64-61-33-15-16-35-63(61)69(66(64)46-68(65)73)72-75-70(53-31-19-29-51(37-53)59-41-55(47-21-7-3-8-22-47)39-56(42-59)48-23-9-4-10-24-48)74-71(76-72)54-32-20-30-52(38-54)60-43-57(49-25-11-5-12-26-49)40-58(44-60)50-27-13-6-14-28-50;1-5-17-31(18-6-1)43-47-44(32-19-7-2-8-20-32)49-45(48-43)50-41-28-16-14-26-36(41)38-29-37-35-25-13-15-27-39(35)46(40(37)30-42(38)50,33-21-9-3-10-22-33)34-23-11-4-12-24-34/h3-46,69H,1-2H3;1-30H. The Morgan fingerprint density at radius 1 is 0.206 bits per heavy atom. The van der Waals surface area contributed by atoms with Gasteiger partial charge in [0.05, 0.1) is 22.4 Å². The van der Waals surface area contributed by atoms with E-state index in [1.807, 2.05) is 36.4 Å². The molecule has 0 N–H and O–H groups in total. The number of nitrogens with zero attached hydrogens (tertiary/aromatic N) is 7. The minimum Gasteiger partial charge on any atom is -0.278 e. The van der Waals surface area contributed by atoms with Gasteiger partial charge in [-0.25, -0.2) is 19.9 Å². The smallest absolute Gasteiger partial charge is 0.238 e. The number of benzene rings is 18. The van der Waals surface area contributed by atoms with Crippen molar-refractivity contribution in [1.29, 1.82) is 0 Å². The van der Waals surface area contributed by atoms with Crippen LogP contribution in [0, 0.1) is 0 Å². The molecule has 592 valence electrons. The molecule has 0 radical (unpaired) electrons. The van der Waals surface area contributed by atoms with Crippen LogP contribution in [-0.4, -0.2) is 34.5 Å². The van der Waals surface area contributed by atoms with E-state index in [9.17, 15) is 0 Å². The molecule has 21 aromatic rings. The van der Waals surface area contributed by atoms with Gasteiger partial charge < -0.3 is 0 Å². The first-order chi connectivity index (χ1) is 62.2. The number of rotatable bonds is 14. The van der Waals surface area contributed by atoms with Gasteiger partial charge in [0.25, 0.3) is 0 Å². The lowest BCUT2D eigenvalue weighted by atomic mass is 9.67. The molecular weight excluding hydrogens is 1530 g/mol. The third-order valence-corrected chi connectivity index (χ3v) is 25.9. The van der Waals surface area contributed by atoms with Gasteiger partial charge in [-0.1, -0.05) is 390 Å². The van der Waals surface area contributed by atoms with E-state index >= 15 is 0 Å². The molecular formula is C119H81N7. The first-order valence-corrected chi connectivity index (χ1v) is 43.2. The zero-order chi connectivity index (χ0) is 83.8. The number of hydrogen-bond acceptors (Lipinski definition) is 6. The van der Waals surface area contributed by atoms with Crippen LogP contribution in [0.15, 0.2) is 449 Å². The summed E-state index contributed by atoms with van der Waals surface area (Å²) in [6, 6.07) is 161. The van der Waals surface area contributed by atoms with Gasteiger partial charge >= 0.3 is 0 Å². The highest BCUT2D eigenvalue weighted by atomic mass is 15.2. The Kier molecular flexibility index (Phi) is 18.4. The molecule has 126 heavy (non-hydrogen) atoms. The van der Waals surface area contributed by atoms with Crippen LogP contribution < -0.4 is 0 Å². The average molecular weight is 1610 g/mol. The van der Waals surface area contributed by atoms with Crippen LogP contribution in [-0.2, 0) is 10.8 Å². The van der Waals surface area contributed by atoms with Gasteiger partial charge in [-0.2, -0.15) is 9.97 Å². The highest BCUT2D eigenvalue weighted by molar-refractivity contribution is 6.12. The van der Waals surface area contributed by atoms with E-state index < -0.39 is 5.41 Å². The molecule has 18 aromatic carbocycles. The monoisotopic (exact) mass is 1610 g/mol. The molecule has 7 nitrogen and oxygen atoms in total. The summed E-state index contributed by atoms with van der Waals surface area (Å²) in [5, 5.41) is 2.32. The van der Waals surface area contributed by atoms with E-state index in [0.29, 0.717) is 29.2 Å². The van der Waals surface area contributed by atoms with Crippen molar-refractivity contribution >= 4 is 21.8 Å². The molecule has 1 unspecified atom stereocenters. The largest absolute Gasteiger partial charge is 0.278 e. The molecule has 1 atom stereocenters. The Bertz CT molecular complexity index is 7370. The minimum absolute atomic E-state index is 0.174. The molecule has 0 spiro atoms. The maximum absolute atomic E-state index is 5.59. The van der Waals surface area contributed by atoms with Gasteiger partial charge in [-0.05, 0) is 217 Å². The summed E-state index contributed by atoms with van der Waals surface area (Å²) in [5.41, 5.74) is 36.6. The predicted octanol–water partition coefficient (Wildman–Crippen LogP) is 29.3. The first-order valence-electron chi connectivity index (χ1n) is 43.2. The molecule has 3 aliphatic carbocycles. The maximum atomic E-state index is 5.59. The second kappa shape index (κ2) is 31.0. The average Bonchev–Trinajstić information content (AvgIpc) is 1.53. The zero-order valence-electron chi connectivity index (χ0n) is 69.4. The van der Waals surface area contributed by atoms with Crippen LogP contribution in [0.1, 0.15) is 70.1 Å². The molecule has 7 heteroatoms. The fourth-order valence-corrected chi connectivity index (χ4v) is 19.9.